The second kappa shape index (κ2) is 7.71. The van der Waals surface area contributed by atoms with E-state index in [0.29, 0.717) is 5.15 Å². The Balaban J connectivity index is 2.52. The molecule has 0 aromatic carbocycles. The molecule has 1 rings (SSSR count). The lowest BCUT2D eigenvalue weighted by atomic mass is 10.2. The van der Waals surface area contributed by atoms with Crippen LogP contribution < -0.4 is 0 Å². The highest BCUT2D eigenvalue weighted by Crippen LogP contribution is 2.08. The molecule has 0 radical (unpaired) electrons. The number of rotatable bonds is 7. The summed E-state index contributed by atoms with van der Waals surface area (Å²) < 4.78 is 0. The summed E-state index contributed by atoms with van der Waals surface area (Å²) in [5.74, 6) is 1.13. The second-order valence-electron chi connectivity index (χ2n) is 3.51. The first-order valence-corrected chi connectivity index (χ1v) is 6.96. The Morgan fingerprint density at radius 1 is 1.56 bits per heavy atom. The van der Waals surface area contributed by atoms with Gasteiger partial charge >= 0.3 is 0 Å². The van der Waals surface area contributed by atoms with Crippen molar-refractivity contribution in [3.8, 4) is 0 Å². The van der Waals surface area contributed by atoms with Gasteiger partial charge in [0.05, 0.1) is 0 Å². The third-order valence-corrected chi connectivity index (χ3v) is 3.01. The fourth-order valence-electron chi connectivity index (χ4n) is 1.40. The van der Waals surface area contributed by atoms with Gasteiger partial charge in [-0.2, -0.15) is 11.8 Å². The van der Waals surface area contributed by atoms with Gasteiger partial charge in [0.1, 0.15) is 5.15 Å². The second-order valence-corrected chi connectivity index (χ2v) is 4.88. The van der Waals surface area contributed by atoms with Crippen LogP contribution in [0.4, 0.5) is 0 Å². The molecule has 1 aromatic heterocycles. The minimum Gasteiger partial charge on any atom is -0.295 e. The Kier molecular flexibility index (Phi) is 6.53. The SMILES string of the molecule is C=CCN(CCSC)Cc1ccc(Cl)nc1. The topological polar surface area (TPSA) is 16.1 Å². The van der Waals surface area contributed by atoms with Crippen molar-refractivity contribution in [1.29, 1.82) is 0 Å². The minimum atomic E-state index is 0.545. The molecule has 0 bridgehead atoms. The number of hydrogen-bond donors (Lipinski definition) is 0. The molecular formula is C12H17ClN2S. The highest BCUT2D eigenvalue weighted by Gasteiger charge is 2.04. The fourth-order valence-corrected chi connectivity index (χ4v) is 1.95. The van der Waals surface area contributed by atoms with E-state index in [-0.39, 0.29) is 0 Å². The number of halogens is 1. The molecule has 0 atom stereocenters. The van der Waals surface area contributed by atoms with Gasteiger partial charge in [-0.05, 0) is 17.9 Å². The van der Waals surface area contributed by atoms with Crippen LogP contribution >= 0.6 is 23.4 Å². The van der Waals surface area contributed by atoms with Crippen LogP contribution in [0.1, 0.15) is 5.56 Å². The molecule has 1 heterocycles. The molecule has 0 spiro atoms. The van der Waals surface area contributed by atoms with Crippen LogP contribution in [0.25, 0.3) is 0 Å². The largest absolute Gasteiger partial charge is 0.295 e. The van der Waals surface area contributed by atoms with Crippen molar-refractivity contribution in [3.63, 3.8) is 0 Å². The van der Waals surface area contributed by atoms with Gasteiger partial charge in [0.15, 0.2) is 0 Å². The van der Waals surface area contributed by atoms with Crippen molar-refractivity contribution >= 4 is 23.4 Å². The third-order valence-electron chi connectivity index (χ3n) is 2.19. The van der Waals surface area contributed by atoms with Gasteiger partial charge in [-0.25, -0.2) is 4.98 Å². The van der Waals surface area contributed by atoms with E-state index in [0.717, 1.165) is 25.4 Å². The predicted octanol–water partition coefficient (Wildman–Crippen LogP) is 3.09. The predicted molar refractivity (Wildman–Crippen MR) is 73.1 cm³/mol. The maximum Gasteiger partial charge on any atom is 0.129 e. The summed E-state index contributed by atoms with van der Waals surface area (Å²) in [6.45, 7) is 6.65. The van der Waals surface area contributed by atoms with Gasteiger partial charge in [-0.1, -0.05) is 23.7 Å². The van der Waals surface area contributed by atoms with Crippen LogP contribution in [0.3, 0.4) is 0 Å². The van der Waals surface area contributed by atoms with Crippen molar-refractivity contribution < 1.29 is 0 Å². The average molecular weight is 257 g/mol. The van der Waals surface area contributed by atoms with Gasteiger partial charge < -0.3 is 0 Å². The summed E-state index contributed by atoms with van der Waals surface area (Å²) in [7, 11) is 0. The molecule has 0 amide bonds. The van der Waals surface area contributed by atoms with Crippen molar-refractivity contribution in [2.24, 2.45) is 0 Å². The summed E-state index contributed by atoms with van der Waals surface area (Å²) in [6, 6.07) is 3.85. The molecular weight excluding hydrogens is 240 g/mol. The molecule has 0 aliphatic heterocycles. The molecule has 0 N–H and O–H groups in total. The summed E-state index contributed by atoms with van der Waals surface area (Å²) in [6.07, 6.45) is 5.89. The number of nitrogens with zero attached hydrogens (tertiary/aromatic N) is 2. The lowest BCUT2D eigenvalue weighted by molar-refractivity contribution is 0.314. The lowest BCUT2D eigenvalue weighted by Gasteiger charge is -2.19. The zero-order valence-corrected chi connectivity index (χ0v) is 11.1. The zero-order valence-electron chi connectivity index (χ0n) is 9.53. The Hall–Kier alpha value is -0.510. The molecule has 0 saturated heterocycles. The molecule has 4 heteroatoms. The Bertz CT molecular complexity index is 313. The monoisotopic (exact) mass is 256 g/mol. The van der Waals surface area contributed by atoms with E-state index < -0.39 is 0 Å². The van der Waals surface area contributed by atoms with E-state index in [1.165, 1.54) is 5.56 Å². The number of hydrogen-bond acceptors (Lipinski definition) is 3. The van der Waals surface area contributed by atoms with Crippen LogP contribution in [0.2, 0.25) is 5.15 Å². The zero-order chi connectivity index (χ0) is 11.8. The lowest BCUT2D eigenvalue weighted by Crippen LogP contribution is -2.25. The first kappa shape index (κ1) is 13.6. The van der Waals surface area contributed by atoms with Crippen molar-refractivity contribution in [3.05, 3.63) is 41.7 Å². The van der Waals surface area contributed by atoms with E-state index in [1.54, 1.807) is 0 Å². The first-order valence-electron chi connectivity index (χ1n) is 5.19. The van der Waals surface area contributed by atoms with Gasteiger partial charge in [0, 0.05) is 31.6 Å². The number of thioether (sulfide) groups is 1. The fraction of sp³-hybridized carbons (Fsp3) is 0.417. The third kappa shape index (κ3) is 5.01. The molecule has 0 aliphatic carbocycles. The maximum atomic E-state index is 5.75. The number of aromatic nitrogens is 1. The summed E-state index contributed by atoms with van der Waals surface area (Å²) >= 11 is 7.60. The molecule has 0 aliphatic rings. The van der Waals surface area contributed by atoms with E-state index in [4.69, 9.17) is 11.6 Å². The van der Waals surface area contributed by atoms with Gasteiger partial charge in [-0.15, -0.1) is 6.58 Å². The molecule has 88 valence electrons. The molecule has 2 nitrogen and oxygen atoms in total. The minimum absolute atomic E-state index is 0.545. The first-order chi connectivity index (χ1) is 7.76. The Labute approximate surface area is 107 Å². The van der Waals surface area contributed by atoms with Crippen molar-refractivity contribution in [1.82, 2.24) is 9.88 Å². The molecule has 1 aromatic rings. The van der Waals surface area contributed by atoms with Crippen molar-refractivity contribution in [2.45, 2.75) is 6.54 Å². The van der Waals surface area contributed by atoms with E-state index >= 15 is 0 Å². The molecule has 0 unspecified atom stereocenters. The molecule has 0 fully saturated rings. The summed E-state index contributed by atoms with van der Waals surface area (Å²) in [5, 5.41) is 0.545. The Morgan fingerprint density at radius 3 is 2.94 bits per heavy atom. The van der Waals surface area contributed by atoms with Crippen molar-refractivity contribution in [2.75, 3.05) is 25.1 Å². The maximum absolute atomic E-state index is 5.75. The van der Waals surface area contributed by atoms with E-state index in [1.807, 2.05) is 36.2 Å². The molecule has 0 saturated carbocycles. The summed E-state index contributed by atoms with van der Waals surface area (Å²) in [4.78, 5) is 6.42. The normalized spacial score (nSPS) is 10.7. The quantitative estimate of drug-likeness (QED) is 0.551. The molecule has 16 heavy (non-hydrogen) atoms. The van der Waals surface area contributed by atoms with E-state index in [2.05, 4.69) is 22.7 Å². The van der Waals surface area contributed by atoms with Crippen LogP contribution in [-0.2, 0) is 6.54 Å². The smallest absolute Gasteiger partial charge is 0.129 e. The van der Waals surface area contributed by atoms with Gasteiger partial charge in [0.25, 0.3) is 0 Å². The highest BCUT2D eigenvalue weighted by atomic mass is 35.5. The summed E-state index contributed by atoms with van der Waals surface area (Å²) in [5.41, 5.74) is 1.19. The van der Waals surface area contributed by atoms with Gasteiger partial charge in [0.2, 0.25) is 0 Å². The highest BCUT2D eigenvalue weighted by molar-refractivity contribution is 7.98. The van der Waals surface area contributed by atoms with Crippen LogP contribution in [0.5, 0.6) is 0 Å². The average Bonchev–Trinajstić information content (AvgIpc) is 2.29. The van der Waals surface area contributed by atoms with Crippen LogP contribution in [0, 0.1) is 0 Å². The number of pyridine rings is 1. The Morgan fingerprint density at radius 2 is 2.38 bits per heavy atom. The van der Waals surface area contributed by atoms with Crippen LogP contribution in [-0.4, -0.2) is 35.0 Å². The standard InChI is InChI=1S/C12H17ClN2S/c1-3-6-15(7-8-16-2)10-11-4-5-12(13)14-9-11/h3-5,9H,1,6-8,10H2,2H3. The van der Waals surface area contributed by atoms with Gasteiger partial charge in [-0.3, -0.25) is 4.90 Å². The van der Waals surface area contributed by atoms with E-state index in [9.17, 15) is 0 Å². The van der Waals surface area contributed by atoms with Crippen LogP contribution in [0.15, 0.2) is 31.0 Å².